The minimum absolute atomic E-state index is 0.319. The molecule has 0 amide bonds. The van der Waals surface area contributed by atoms with Gasteiger partial charge in [-0.15, -0.1) is 0 Å². The van der Waals surface area contributed by atoms with Gasteiger partial charge in [0.25, 0.3) is 0 Å². The highest BCUT2D eigenvalue weighted by Crippen LogP contribution is 2.22. The molecule has 2 aromatic carbocycles. The van der Waals surface area contributed by atoms with Crippen molar-refractivity contribution in [2.24, 2.45) is 0 Å². The van der Waals surface area contributed by atoms with E-state index < -0.39 is 10.0 Å². The van der Waals surface area contributed by atoms with Gasteiger partial charge in [-0.3, -0.25) is 0 Å². The molecule has 26 heavy (non-hydrogen) atoms. The topological polar surface area (TPSA) is 61.4 Å². The Morgan fingerprint density at radius 3 is 1.96 bits per heavy atom. The zero-order valence-corrected chi connectivity index (χ0v) is 16.4. The Kier molecular flexibility index (Phi) is 5.90. The first-order valence-electron chi connectivity index (χ1n) is 8.76. The summed E-state index contributed by atoms with van der Waals surface area (Å²) in [5.74, 6) is 0. The van der Waals surface area contributed by atoms with Crippen molar-refractivity contribution in [3.63, 3.8) is 0 Å². The summed E-state index contributed by atoms with van der Waals surface area (Å²) in [7, 11) is -3.38. The number of nitrogens with one attached hydrogen (secondary N) is 2. The summed E-state index contributed by atoms with van der Waals surface area (Å²) >= 11 is 5.32. The molecule has 0 radical (unpaired) electrons. The van der Waals surface area contributed by atoms with Crippen molar-refractivity contribution in [1.29, 1.82) is 0 Å². The van der Waals surface area contributed by atoms with E-state index in [1.54, 1.807) is 28.6 Å². The third-order valence-electron chi connectivity index (χ3n) is 4.44. The molecule has 2 N–H and O–H groups in total. The van der Waals surface area contributed by atoms with Gasteiger partial charge in [0.05, 0.1) is 4.90 Å². The Balaban J connectivity index is 1.62. The van der Waals surface area contributed by atoms with Crippen LogP contribution >= 0.6 is 12.2 Å². The maximum Gasteiger partial charge on any atom is 0.243 e. The molecule has 1 fully saturated rings. The van der Waals surface area contributed by atoms with E-state index in [0.717, 1.165) is 30.6 Å². The zero-order chi connectivity index (χ0) is 18.6. The molecule has 7 heteroatoms. The number of rotatable bonds is 5. The van der Waals surface area contributed by atoms with Crippen LogP contribution in [-0.4, -0.2) is 30.9 Å². The molecule has 0 unspecified atom stereocenters. The van der Waals surface area contributed by atoms with Crippen LogP contribution in [0.3, 0.4) is 0 Å². The van der Waals surface area contributed by atoms with E-state index in [2.05, 4.69) is 29.7 Å². The van der Waals surface area contributed by atoms with Gasteiger partial charge in [0.1, 0.15) is 0 Å². The van der Waals surface area contributed by atoms with Gasteiger partial charge in [-0.25, -0.2) is 8.42 Å². The van der Waals surface area contributed by atoms with Crippen LogP contribution in [0.2, 0.25) is 0 Å². The number of hydrogen-bond acceptors (Lipinski definition) is 3. The van der Waals surface area contributed by atoms with Crippen molar-refractivity contribution in [3.05, 3.63) is 54.1 Å². The van der Waals surface area contributed by atoms with Crippen molar-refractivity contribution in [2.75, 3.05) is 23.7 Å². The third-order valence-corrected chi connectivity index (χ3v) is 6.55. The van der Waals surface area contributed by atoms with Crippen LogP contribution in [-0.2, 0) is 16.4 Å². The lowest BCUT2D eigenvalue weighted by Crippen LogP contribution is -2.27. The fourth-order valence-corrected chi connectivity index (χ4v) is 4.66. The standard InChI is InChI=1S/C19H23N3O2S2/c1-2-15-5-7-16(8-6-15)20-19(25)21-17-9-11-18(12-10-17)26(23,24)22-13-3-4-14-22/h5-12H,2-4,13-14H2,1H3,(H2,20,21,25). The van der Waals surface area contributed by atoms with E-state index in [9.17, 15) is 8.42 Å². The second-order valence-corrected chi connectivity index (χ2v) is 8.61. The normalized spacial score (nSPS) is 15.0. The first-order valence-corrected chi connectivity index (χ1v) is 10.6. The first kappa shape index (κ1) is 18.8. The van der Waals surface area contributed by atoms with Crippen LogP contribution in [0.15, 0.2) is 53.4 Å². The molecule has 1 aliphatic rings. The lowest BCUT2D eigenvalue weighted by atomic mass is 10.1. The number of hydrogen-bond donors (Lipinski definition) is 2. The molecule has 0 saturated carbocycles. The molecule has 0 bridgehead atoms. The number of thiocarbonyl (C=S) groups is 1. The number of sulfonamides is 1. The molecule has 3 rings (SSSR count). The summed E-state index contributed by atoms with van der Waals surface area (Å²) in [4.78, 5) is 0.319. The van der Waals surface area contributed by atoms with Crippen LogP contribution in [0.25, 0.3) is 0 Å². The van der Waals surface area contributed by atoms with Crippen molar-refractivity contribution in [3.8, 4) is 0 Å². The maximum absolute atomic E-state index is 12.5. The Labute approximate surface area is 160 Å². The Morgan fingerprint density at radius 2 is 1.46 bits per heavy atom. The molecule has 1 aliphatic heterocycles. The molecule has 2 aromatic rings. The smallest absolute Gasteiger partial charge is 0.243 e. The molecule has 1 heterocycles. The largest absolute Gasteiger partial charge is 0.332 e. The average Bonchev–Trinajstić information content (AvgIpc) is 3.18. The van der Waals surface area contributed by atoms with E-state index >= 15 is 0 Å². The summed E-state index contributed by atoms with van der Waals surface area (Å²) in [6, 6.07) is 14.8. The summed E-state index contributed by atoms with van der Waals surface area (Å²) < 4.78 is 26.6. The van der Waals surface area contributed by atoms with Crippen molar-refractivity contribution < 1.29 is 8.42 Å². The van der Waals surface area contributed by atoms with Crippen LogP contribution in [0, 0.1) is 0 Å². The first-order chi connectivity index (χ1) is 12.5. The fraction of sp³-hybridized carbons (Fsp3) is 0.316. The highest BCUT2D eigenvalue weighted by Gasteiger charge is 2.26. The van der Waals surface area contributed by atoms with E-state index in [-0.39, 0.29) is 0 Å². The predicted octanol–water partition coefficient (Wildman–Crippen LogP) is 3.84. The van der Waals surface area contributed by atoms with Gasteiger partial charge in [0.15, 0.2) is 5.11 Å². The molecule has 0 atom stereocenters. The molecule has 138 valence electrons. The number of benzene rings is 2. The molecule has 0 aliphatic carbocycles. The summed E-state index contributed by atoms with van der Waals surface area (Å²) in [5.41, 5.74) is 2.92. The molecular formula is C19H23N3O2S2. The van der Waals surface area contributed by atoms with Gasteiger partial charge in [-0.1, -0.05) is 19.1 Å². The van der Waals surface area contributed by atoms with Crippen molar-refractivity contribution >= 4 is 38.7 Å². The zero-order valence-electron chi connectivity index (χ0n) is 14.7. The van der Waals surface area contributed by atoms with Crippen LogP contribution in [0.5, 0.6) is 0 Å². The Bertz CT molecular complexity index is 857. The summed E-state index contributed by atoms with van der Waals surface area (Å²) in [6.07, 6.45) is 2.85. The molecule has 0 spiro atoms. The van der Waals surface area contributed by atoms with E-state index in [1.807, 2.05) is 12.1 Å². The van der Waals surface area contributed by atoms with E-state index in [4.69, 9.17) is 12.2 Å². The number of nitrogens with zero attached hydrogens (tertiary/aromatic N) is 1. The minimum atomic E-state index is -3.38. The SMILES string of the molecule is CCc1ccc(NC(=S)Nc2ccc(S(=O)(=O)N3CCCC3)cc2)cc1. The quantitative estimate of drug-likeness (QED) is 0.761. The minimum Gasteiger partial charge on any atom is -0.332 e. The second-order valence-electron chi connectivity index (χ2n) is 6.27. The molecule has 1 saturated heterocycles. The monoisotopic (exact) mass is 389 g/mol. The molecule has 0 aromatic heterocycles. The van der Waals surface area contributed by atoms with Gasteiger partial charge in [-0.2, -0.15) is 4.31 Å². The third kappa shape index (κ3) is 4.41. The van der Waals surface area contributed by atoms with Crippen LogP contribution in [0.1, 0.15) is 25.3 Å². The highest BCUT2D eigenvalue weighted by atomic mass is 32.2. The second kappa shape index (κ2) is 8.16. The predicted molar refractivity (Wildman–Crippen MR) is 110 cm³/mol. The lowest BCUT2D eigenvalue weighted by Gasteiger charge is -2.16. The summed E-state index contributed by atoms with van der Waals surface area (Å²) in [5, 5.41) is 6.67. The number of anilines is 2. The highest BCUT2D eigenvalue weighted by molar-refractivity contribution is 7.89. The fourth-order valence-electron chi connectivity index (χ4n) is 2.91. The Hall–Kier alpha value is -1.96. The Morgan fingerprint density at radius 1 is 0.962 bits per heavy atom. The lowest BCUT2D eigenvalue weighted by molar-refractivity contribution is 0.477. The van der Waals surface area contributed by atoms with Gasteiger partial charge < -0.3 is 10.6 Å². The van der Waals surface area contributed by atoms with Crippen molar-refractivity contribution in [2.45, 2.75) is 31.1 Å². The molecule has 5 nitrogen and oxygen atoms in total. The summed E-state index contributed by atoms with van der Waals surface area (Å²) in [6.45, 7) is 3.32. The van der Waals surface area contributed by atoms with Crippen molar-refractivity contribution in [1.82, 2.24) is 4.31 Å². The molecular weight excluding hydrogens is 366 g/mol. The van der Waals surface area contributed by atoms with Gasteiger partial charge >= 0.3 is 0 Å². The van der Waals surface area contributed by atoms with Crippen LogP contribution in [0.4, 0.5) is 11.4 Å². The van der Waals surface area contributed by atoms with E-state index in [1.165, 1.54) is 5.56 Å². The van der Waals surface area contributed by atoms with Gasteiger partial charge in [-0.05, 0) is 73.4 Å². The van der Waals surface area contributed by atoms with Gasteiger partial charge in [0, 0.05) is 24.5 Å². The number of aryl methyl sites for hydroxylation is 1. The van der Waals surface area contributed by atoms with Crippen LogP contribution < -0.4 is 10.6 Å². The maximum atomic E-state index is 12.5. The van der Waals surface area contributed by atoms with Gasteiger partial charge in [0.2, 0.25) is 10.0 Å². The van der Waals surface area contributed by atoms with E-state index in [0.29, 0.717) is 23.1 Å². The average molecular weight is 390 g/mol.